The van der Waals surface area contributed by atoms with Gasteiger partial charge < -0.3 is 10.1 Å². The molecule has 0 saturated carbocycles. The summed E-state index contributed by atoms with van der Waals surface area (Å²) in [5.41, 5.74) is 0.928. The normalized spacial score (nSPS) is 17.0. The van der Waals surface area contributed by atoms with E-state index in [0.717, 1.165) is 0 Å². The van der Waals surface area contributed by atoms with Gasteiger partial charge in [-0.15, -0.1) is 0 Å². The lowest BCUT2D eigenvalue weighted by Gasteiger charge is -2.32. The van der Waals surface area contributed by atoms with Crippen LogP contribution in [0.4, 0.5) is 5.69 Å². The molecule has 1 aliphatic heterocycles. The number of amides is 2. The molecule has 0 fully saturated rings. The van der Waals surface area contributed by atoms with Gasteiger partial charge in [0.25, 0.3) is 5.91 Å². The fraction of sp³-hybridized carbons (Fsp3) is 0.400. The van der Waals surface area contributed by atoms with Crippen LogP contribution in [-0.2, 0) is 9.59 Å². The number of anilines is 1. The molecular weight excluding hydrogens is 272 g/mol. The van der Waals surface area contributed by atoms with Crippen LogP contribution in [0.5, 0.6) is 5.75 Å². The largest absolute Gasteiger partial charge is 0.479 e. The molecule has 1 N–H and O–H groups in total. The van der Waals surface area contributed by atoms with Crippen molar-refractivity contribution < 1.29 is 19.1 Å². The number of nitrogens with one attached hydrogen (secondary N) is 1. The summed E-state index contributed by atoms with van der Waals surface area (Å²) in [6, 6.07) is 4.88. The molecule has 1 aromatic carbocycles. The summed E-state index contributed by atoms with van der Waals surface area (Å²) in [4.78, 5) is 36.9. The maximum absolute atomic E-state index is 12.2. The van der Waals surface area contributed by atoms with Crippen LogP contribution in [0.3, 0.4) is 0 Å². The molecule has 0 bridgehead atoms. The van der Waals surface area contributed by atoms with Crippen molar-refractivity contribution in [2.24, 2.45) is 0 Å². The van der Waals surface area contributed by atoms with Gasteiger partial charge in [0.2, 0.25) is 5.91 Å². The Kier molecular flexibility index (Phi) is 4.26. The van der Waals surface area contributed by atoms with Crippen LogP contribution >= 0.6 is 0 Å². The number of hydrogen-bond donors (Lipinski definition) is 1. The van der Waals surface area contributed by atoms with Crippen LogP contribution in [0, 0.1) is 0 Å². The molecule has 6 heteroatoms. The summed E-state index contributed by atoms with van der Waals surface area (Å²) < 4.78 is 5.52. The monoisotopic (exact) mass is 290 g/mol. The molecule has 1 unspecified atom stereocenters. The fourth-order valence-electron chi connectivity index (χ4n) is 2.19. The van der Waals surface area contributed by atoms with Gasteiger partial charge in [0, 0.05) is 12.1 Å². The molecule has 1 heterocycles. The molecule has 0 aromatic heterocycles. The van der Waals surface area contributed by atoms with E-state index >= 15 is 0 Å². The lowest BCUT2D eigenvalue weighted by atomic mass is 10.1. The molecule has 0 saturated heterocycles. The van der Waals surface area contributed by atoms with E-state index in [4.69, 9.17) is 4.74 Å². The highest BCUT2D eigenvalue weighted by molar-refractivity contribution is 6.05. The standard InChI is InChI=1S/C15H18N2O4/c1-4-16-14(19)8-17-12-7-11(9(2)18)5-6-13(12)21-10(3)15(17)20/h5-7,10H,4,8H2,1-3H3,(H,16,19). The number of ketones is 1. The van der Waals surface area contributed by atoms with Crippen LogP contribution in [-0.4, -0.2) is 36.8 Å². The van der Waals surface area contributed by atoms with E-state index in [2.05, 4.69) is 5.32 Å². The number of carbonyl (C=O) groups is 3. The number of benzene rings is 1. The van der Waals surface area contributed by atoms with Crippen molar-refractivity contribution >= 4 is 23.3 Å². The Labute approximate surface area is 123 Å². The third kappa shape index (κ3) is 3.04. The number of rotatable bonds is 4. The predicted octanol–water partition coefficient (Wildman–Crippen LogP) is 1.14. The Morgan fingerprint density at radius 1 is 1.38 bits per heavy atom. The molecule has 0 aliphatic carbocycles. The van der Waals surface area contributed by atoms with Gasteiger partial charge in [-0.25, -0.2) is 0 Å². The van der Waals surface area contributed by atoms with E-state index in [9.17, 15) is 14.4 Å². The lowest BCUT2D eigenvalue weighted by molar-refractivity contribution is -0.128. The van der Waals surface area contributed by atoms with Crippen LogP contribution in [0.2, 0.25) is 0 Å². The van der Waals surface area contributed by atoms with Crippen LogP contribution in [0.25, 0.3) is 0 Å². The minimum atomic E-state index is -0.657. The lowest BCUT2D eigenvalue weighted by Crippen LogP contribution is -2.48. The first-order chi connectivity index (χ1) is 9.93. The van der Waals surface area contributed by atoms with Crippen LogP contribution in [0.1, 0.15) is 31.1 Å². The zero-order chi connectivity index (χ0) is 15.6. The minimum absolute atomic E-state index is 0.0886. The van der Waals surface area contributed by atoms with Crippen molar-refractivity contribution in [1.82, 2.24) is 5.32 Å². The third-order valence-corrected chi connectivity index (χ3v) is 3.25. The van der Waals surface area contributed by atoms with Crippen LogP contribution in [0.15, 0.2) is 18.2 Å². The second kappa shape index (κ2) is 5.95. The minimum Gasteiger partial charge on any atom is -0.479 e. The van der Waals surface area contributed by atoms with Gasteiger partial charge in [-0.05, 0) is 39.0 Å². The van der Waals surface area contributed by atoms with Gasteiger partial charge in [-0.2, -0.15) is 0 Å². The highest BCUT2D eigenvalue weighted by atomic mass is 16.5. The molecule has 6 nitrogen and oxygen atoms in total. The Balaban J connectivity index is 2.39. The van der Waals surface area contributed by atoms with Gasteiger partial charge in [0.1, 0.15) is 12.3 Å². The summed E-state index contributed by atoms with van der Waals surface area (Å²) >= 11 is 0. The number of ether oxygens (including phenoxy) is 1. The van der Waals surface area contributed by atoms with Gasteiger partial charge in [0.15, 0.2) is 11.9 Å². The van der Waals surface area contributed by atoms with E-state index in [-0.39, 0.29) is 24.1 Å². The smallest absolute Gasteiger partial charge is 0.268 e. The predicted molar refractivity (Wildman–Crippen MR) is 77.6 cm³/mol. The molecule has 1 aromatic rings. The second-order valence-corrected chi connectivity index (χ2v) is 4.88. The van der Waals surface area contributed by atoms with Gasteiger partial charge in [-0.1, -0.05) is 0 Å². The van der Waals surface area contributed by atoms with Crippen molar-refractivity contribution in [2.75, 3.05) is 18.0 Å². The average Bonchev–Trinajstić information content (AvgIpc) is 2.43. The van der Waals surface area contributed by atoms with Crippen molar-refractivity contribution in [2.45, 2.75) is 26.9 Å². The van der Waals surface area contributed by atoms with E-state index in [0.29, 0.717) is 23.5 Å². The zero-order valence-electron chi connectivity index (χ0n) is 12.3. The first-order valence-electron chi connectivity index (χ1n) is 6.83. The number of fused-ring (bicyclic) bond motifs is 1. The van der Waals surface area contributed by atoms with Gasteiger partial charge in [-0.3, -0.25) is 19.3 Å². The Morgan fingerprint density at radius 2 is 2.10 bits per heavy atom. The molecule has 0 radical (unpaired) electrons. The number of hydrogen-bond acceptors (Lipinski definition) is 4. The molecule has 1 aliphatic rings. The molecule has 1 atom stereocenters. The quantitative estimate of drug-likeness (QED) is 0.844. The topological polar surface area (TPSA) is 75.7 Å². The van der Waals surface area contributed by atoms with Crippen molar-refractivity contribution in [3.8, 4) is 5.75 Å². The summed E-state index contributed by atoms with van der Waals surface area (Å²) in [5.74, 6) is -0.160. The summed E-state index contributed by atoms with van der Waals surface area (Å²) in [7, 11) is 0. The average molecular weight is 290 g/mol. The number of Topliss-reactive ketones (excluding diaryl/α,β-unsaturated/α-hetero) is 1. The van der Waals surface area contributed by atoms with Gasteiger partial charge >= 0.3 is 0 Å². The second-order valence-electron chi connectivity index (χ2n) is 4.88. The summed E-state index contributed by atoms with van der Waals surface area (Å²) in [6.07, 6.45) is -0.657. The molecule has 21 heavy (non-hydrogen) atoms. The van der Waals surface area contributed by atoms with Gasteiger partial charge in [0.05, 0.1) is 5.69 Å². The highest BCUT2D eigenvalue weighted by Gasteiger charge is 2.33. The first kappa shape index (κ1) is 15.0. The van der Waals surface area contributed by atoms with E-state index in [1.54, 1.807) is 25.1 Å². The Hall–Kier alpha value is -2.37. The van der Waals surface area contributed by atoms with Crippen molar-refractivity contribution in [3.63, 3.8) is 0 Å². The molecular formula is C15H18N2O4. The van der Waals surface area contributed by atoms with Crippen LogP contribution < -0.4 is 15.0 Å². The molecule has 112 valence electrons. The Morgan fingerprint density at radius 3 is 2.71 bits per heavy atom. The Bertz CT molecular complexity index is 597. The van der Waals surface area contributed by atoms with Crippen molar-refractivity contribution in [1.29, 1.82) is 0 Å². The number of carbonyl (C=O) groups excluding carboxylic acids is 3. The maximum atomic E-state index is 12.2. The van der Waals surface area contributed by atoms with E-state index < -0.39 is 6.10 Å². The first-order valence-corrected chi connectivity index (χ1v) is 6.83. The molecule has 2 amide bonds. The number of likely N-dealkylation sites (N-methyl/N-ethyl adjacent to an activating group) is 1. The maximum Gasteiger partial charge on any atom is 0.268 e. The molecule has 0 spiro atoms. The van der Waals surface area contributed by atoms with Crippen molar-refractivity contribution in [3.05, 3.63) is 23.8 Å². The highest BCUT2D eigenvalue weighted by Crippen LogP contribution is 2.34. The third-order valence-electron chi connectivity index (χ3n) is 3.25. The fourth-order valence-corrected chi connectivity index (χ4v) is 2.19. The number of nitrogens with zero attached hydrogens (tertiary/aromatic N) is 1. The van der Waals surface area contributed by atoms with E-state index in [1.165, 1.54) is 11.8 Å². The zero-order valence-corrected chi connectivity index (χ0v) is 12.3. The molecule has 2 rings (SSSR count). The summed E-state index contributed by atoms with van der Waals surface area (Å²) in [6.45, 7) is 5.30. The van der Waals surface area contributed by atoms with E-state index in [1.807, 2.05) is 6.92 Å². The SMILES string of the molecule is CCNC(=O)CN1C(=O)C(C)Oc2ccc(C(C)=O)cc21. The summed E-state index contributed by atoms with van der Waals surface area (Å²) in [5, 5.41) is 2.66.